The molecule has 244 valence electrons. The number of ether oxygens (including phenoxy) is 4. The van der Waals surface area contributed by atoms with Crippen LogP contribution in [-0.2, 0) is 11.2 Å². The molecule has 1 amide bonds. The normalized spacial score (nSPS) is 15.6. The van der Waals surface area contributed by atoms with Gasteiger partial charge >= 0.3 is 0 Å². The van der Waals surface area contributed by atoms with Gasteiger partial charge in [-0.15, -0.1) is 0 Å². The van der Waals surface area contributed by atoms with Crippen molar-refractivity contribution in [2.24, 2.45) is 4.99 Å². The van der Waals surface area contributed by atoms with Crippen LogP contribution in [0.1, 0.15) is 16.7 Å². The van der Waals surface area contributed by atoms with Crippen molar-refractivity contribution in [3.63, 3.8) is 0 Å². The first-order chi connectivity index (χ1) is 22.8. The molecule has 0 aliphatic carbocycles. The maximum absolute atomic E-state index is 14.4. The zero-order chi connectivity index (χ0) is 33.1. The number of fused-ring (bicyclic) bond motifs is 1. The topological polar surface area (TPSA) is 128 Å². The minimum Gasteiger partial charge on any atom is -0.497 e. The molecule has 3 aromatic carbocycles. The van der Waals surface area contributed by atoms with Crippen LogP contribution in [0.4, 0.5) is 27.5 Å². The molecule has 1 aromatic heterocycles. The number of aromatic nitrogens is 2. The van der Waals surface area contributed by atoms with Crippen molar-refractivity contribution in [3.8, 4) is 23.0 Å². The van der Waals surface area contributed by atoms with Crippen LogP contribution < -0.4 is 34.5 Å². The van der Waals surface area contributed by atoms with Gasteiger partial charge in [0.1, 0.15) is 23.1 Å². The first kappa shape index (κ1) is 31.5. The zero-order valence-electron chi connectivity index (χ0n) is 26.7. The van der Waals surface area contributed by atoms with E-state index in [9.17, 15) is 9.18 Å². The molecule has 0 radical (unpaired) electrons. The molecule has 0 bridgehead atoms. The molecule has 1 fully saturated rings. The molecule has 6 rings (SSSR count). The van der Waals surface area contributed by atoms with E-state index in [-0.39, 0.29) is 23.4 Å². The summed E-state index contributed by atoms with van der Waals surface area (Å²) in [7, 11) is 6.28. The second kappa shape index (κ2) is 13.5. The molecule has 2 aliphatic rings. The summed E-state index contributed by atoms with van der Waals surface area (Å²) >= 11 is 0. The molecule has 0 spiro atoms. The molecule has 47 heavy (non-hydrogen) atoms. The number of hydrogen-bond donors (Lipinski definition) is 1. The largest absolute Gasteiger partial charge is 0.497 e. The predicted molar refractivity (Wildman–Crippen MR) is 177 cm³/mol. The summed E-state index contributed by atoms with van der Waals surface area (Å²) in [6.07, 6.45) is 1.95. The van der Waals surface area contributed by atoms with Gasteiger partial charge in [-0.25, -0.2) is 14.4 Å². The molecule has 13 heteroatoms. The van der Waals surface area contributed by atoms with Crippen LogP contribution in [-0.4, -0.2) is 87.8 Å². The number of hydrogen-bond acceptors (Lipinski definition) is 11. The number of methoxy groups -OCH3 is 4. The van der Waals surface area contributed by atoms with E-state index >= 15 is 0 Å². The van der Waals surface area contributed by atoms with Gasteiger partial charge in [0.05, 0.1) is 40.8 Å². The lowest BCUT2D eigenvalue weighted by Gasteiger charge is -2.37. The molecule has 1 saturated heterocycles. The van der Waals surface area contributed by atoms with E-state index in [0.29, 0.717) is 47.2 Å². The van der Waals surface area contributed by atoms with Gasteiger partial charge in [-0.2, -0.15) is 4.98 Å². The quantitative estimate of drug-likeness (QED) is 0.271. The van der Waals surface area contributed by atoms with Gasteiger partial charge in [0.2, 0.25) is 5.75 Å². The fourth-order valence-corrected chi connectivity index (χ4v) is 5.83. The number of carbonyl (C=O) groups is 1. The van der Waals surface area contributed by atoms with E-state index in [1.807, 2.05) is 36.4 Å². The Morgan fingerprint density at radius 2 is 1.60 bits per heavy atom. The third-order valence-electron chi connectivity index (χ3n) is 8.32. The predicted octanol–water partition coefficient (Wildman–Crippen LogP) is 4.07. The highest BCUT2D eigenvalue weighted by Crippen LogP contribution is 2.39. The van der Waals surface area contributed by atoms with Gasteiger partial charge < -0.3 is 29.6 Å². The van der Waals surface area contributed by atoms with Gasteiger partial charge in [-0.05, 0) is 60.2 Å². The number of anilines is 3. The molecule has 0 unspecified atom stereocenters. The summed E-state index contributed by atoms with van der Waals surface area (Å²) in [4.78, 5) is 33.1. The highest BCUT2D eigenvalue weighted by molar-refractivity contribution is 6.54. The van der Waals surface area contributed by atoms with Crippen molar-refractivity contribution in [1.82, 2.24) is 14.9 Å². The summed E-state index contributed by atoms with van der Waals surface area (Å²) in [6, 6.07) is 15.9. The van der Waals surface area contributed by atoms with Gasteiger partial charge in [-0.1, -0.05) is 0 Å². The molecule has 0 atom stereocenters. The number of benzene rings is 3. The summed E-state index contributed by atoms with van der Waals surface area (Å²) in [5.41, 5.74) is 9.96. The Labute approximate surface area is 272 Å². The number of nitrogens with zero attached hydrogens (tertiary/aromatic N) is 6. The first-order valence-electron chi connectivity index (χ1n) is 15.0. The van der Waals surface area contributed by atoms with Gasteiger partial charge in [0.25, 0.3) is 11.9 Å². The highest BCUT2D eigenvalue weighted by atomic mass is 19.1. The van der Waals surface area contributed by atoms with Crippen molar-refractivity contribution in [3.05, 3.63) is 83.3 Å². The van der Waals surface area contributed by atoms with E-state index in [1.54, 1.807) is 45.6 Å². The van der Waals surface area contributed by atoms with Crippen molar-refractivity contribution < 1.29 is 28.1 Å². The zero-order valence-corrected chi connectivity index (χ0v) is 26.7. The van der Waals surface area contributed by atoms with Crippen LogP contribution in [0.5, 0.6) is 23.0 Å². The minimum atomic E-state index is -0.472. The van der Waals surface area contributed by atoms with E-state index in [1.165, 1.54) is 12.1 Å². The Bertz CT molecular complexity index is 1780. The fourth-order valence-electron chi connectivity index (χ4n) is 5.83. The molecular formula is C34H36FN7O5. The average Bonchev–Trinajstić information content (AvgIpc) is 3.34. The number of piperazine rings is 1. The monoisotopic (exact) mass is 641 g/mol. The Morgan fingerprint density at radius 1 is 0.894 bits per heavy atom. The molecule has 0 saturated carbocycles. The summed E-state index contributed by atoms with van der Waals surface area (Å²) in [5, 5.41) is 0. The number of rotatable bonds is 10. The molecule has 2 aliphatic heterocycles. The maximum Gasteiger partial charge on any atom is 0.278 e. The molecule has 12 nitrogen and oxygen atoms in total. The second-order valence-electron chi connectivity index (χ2n) is 11.1. The second-order valence-corrected chi connectivity index (χ2v) is 11.1. The van der Waals surface area contributed by atoms with E-state index in [2.05, 4.69) is 24.8 Å². The number of aliphatic imine (C=N–C) groups is 1. The standard InChI is InChI=1S/C34H36FN7O5/c1-44-25-8-6-24(7-9-25)41-13-11-40(12-14-41)20-42-27-10-5-23(35)18-26(27)30(33(42)43)38-34-37-19-22(32(36)39-34)15-21-16-28(45-2)31(47-4)29(17-21)46-3/h5-10,16-19H,11-15,20H2,1-4H3,(H2,36,37,39)/b38-30-. The Hall–Kier alpha value is -5.43. The third-order valence-corrected chi connectivity index (χ3v) is 8.32. The van der Waals surface area contributed by atoms with Gasteiger partial charge in [0, 0.05) is 55.6 Å². The molecule has 2 N–H and O–H groups in total. The number of halogens is 1. The van der Waals surface area contributed by atoms with E-state index in [4.69, 9.17) is 24.7 Å². The van der Waals surface area contributed by atoms with Crippen LogP contribution in [0.15, 0.2) is 65.8 Å². The van der Waals surface area contributed by atoms with Crippen LogP contribution in [0.3, 0.4) is 0 Å². The smallest absolute Gasteiger partial charge is 0.278 e. The minimum absolute atomic E-state index is 0.00431. The fraction of sp³-hybridized carbons (Fsp3) is 0.294. The Balaban J connectivity index is 1.19. The Morgan fingerprint density at radius 3 is 2.21 bits per heavy atom. The number of nitrogen functional groups attached to an aromatic ring is 1. The van der Waals surface area contributed by atoms with Gasteiger partial charge in [-0.3, -0.25) is 14.6 Å². The van der Waals surface area contributed by atoms with Crippen molar-refractivity contribution in [2.45, 2.75) is 6.42 Å². The van der Waals surface area contributed by atoms with Crippen LogP contribution in [0, 0.1) is 5.82 Å². The number of nitrogens with two attached hydrogens (primary N) is 1. The summed E-state index contributed by atoms with van der Waals surface area (Å²) < 4.78 is 36.0. The summed E-state index contributed by atoms with van der Waals surface area (Å²) in [6.45, 7) is 3.41. The van der Waals surface area contributed by atoms with Gasteiger partial charge in [0.15, 0.2) is 11.5 Å². The summed E-state index contributed by atoms with van der Waals surface area (Å²) in [5.74, 6) is 1.70. The van der Waals surface area contributed by atoms with Crippen molar-refractivity contribution >= 4 is 34.8 Å². The van der Waals surface area contributed by atoms with Crippen molar-refractivity contribution in [1.29, 1.82) is 0 Å². The van der Waals surface area contributed by atoms with Crippen molar-refractivity contribution in [2.75, 3.05) is 76.8 Å². The van der Waals surface area contributed by atoms with E-state index in [0.717, 1.165) is 43.2 Å². The van der Waals surface area contributed by atoms with Crippen LogP contribution in [0.2, 0.25) is 0 Å². The molecule has 3 heterocycles. The lowest BCUT2D eigenvalue weighted by atomic mass is 10.1. The molecular weight excluding hydrogens is 605 g/mol. The number of carbonyl (C=O) groups excluding carboxylic acids is 1. The number of amides is 1. The maximum atomic E-state index is 14.4. The van der Waals surface area contributed by atoms with Crippen LogP contribution >= 0.6 is 0 Å². The Kier molecular flexibility index (Phi) is 9.07. The SMILES string of the molecule is COc1ccc(N2CCN(CN3C(=O)/C(=N\c4ncc(Cc5cc(OC)c(OC)c(OC)c5)c(N)n4)c4cc(F)ccc43)CC2)cc1. The van der Waals surface area contributed by atoms with E-state index < -0.39 is 5.82 Å². The average molecular weight is 642 g/mol. The third kappa shape index (κ3) is 6.47. The highest BCUT2D eigenvalue weighted by Gasteiger charge is 2.36. The van der Waals surface area contributed by atoms with Crippen LogP contribution in [0.25, 0.3) is 0 Å². The molecule has 4 aromatic rings. The first-order valence-corrected chi connectivity index (χ1v) is 15.0. The lowest BCUT2D eigenvalue weighted by molar-refractivity contribution is -0.112. The lowest BCUT2D eigenvalue weighted by Crippen LogP contribution is -2.51.